The van der Waals surface area contributed by atoms with Crippen molar-refractivity contribution in [3.63, 3.8) is 0 Å². The molecule has 0 unspecified atom stereocenters. The molecule has 0 amide bonds. The second kappa shape index (κ2) is 8.57. The van der Waals surface area contributed by atoms with Crippen LogP contribution >= 0.6 is 0 Å². The third-order valence-corrected chi connectivity index (χ3v) is 2.14. The van der Waals surface area contributed by atoms with Gasteiger partial charge in [-0.3, -0.25) is 4.79 Å². The van der Waals surface area contributed by atoms with Crippen LogP contribution in [-0.2, 0) is 14.4 Å². The summed E-state index contributed by atoms with van der Waals surface area (Å²) in [6.45, 7) is 5.93. The van der Waals surface area contributed by atoms with Gasteiger partial charge in [-0.05, 0) is 27.8 Å². The topological polar surface area (TPSA) is 89.2 Å². The van der Waals surface area contributed by atoms with Crippen molar-refractivity contribution in [3.8, 4) is 0 Å². The fourth-order valence-electron chi connectivity index (χ4n) is 0.917. The molecule has 0 aliphatic heterocycles. The van der Waals surface area contributed by atoms with Gasteiger partial charge in [-0.2, -0.15) is 0 Å². The highest BCUT2D eigenvalue weighted by Crippen LogP contribution is 1.92. The first kappa shape index (κ1) is 15.4. The minimum Gasteiger partial charge on any atom is -0.569 e. The highest BCUT2D eigenvalue weighted by Gasteiger charge is 2.12. The summed E-state index contributed by atoms with van der Waals surface area (Å²) in [5, 5.41) is 18.6. The lowest BCUT2D eigenvalue weighted by Gasteiger charge is -2.13. The number of rotatable bonds is 8. The predicted molar refractivity (Wildman–Crippen MR) is 59.5 cm³/mol. The maximum Gasteiger partial charge on any atom is 0.325 e. The number of hydrazine groups is 1. The van der Waals surface area contributed by atoms with Crippen LogP contribution in [0.25, 0.3) is 0 Å². The van der Waals surface area contributed by atoms with E-state index in [2.05, 4.69) is 15.4 Å². The molecule has 0 heterocycles. The Labute approximate surface area is 101 Å². The van der Waals surface area contributed by atoms with E-state index >= 15 is 0 Å². The van der Waals surface area contributed by atoms with E-state index in [1.165, 1.54) is 5.01 Å². The largest absolute Gasteiger partial charge is 0.569 e. The van der Waals surface area contributed by atoms with Crippen LogP contribution in [-0.4, -0.2) is 48.9 Å². The summed E-state index contributed by atoms with van der Waals surface area (Å²) in [5.74, 6) is -0.469. The number of ether oxygens (including phenoxy) is 1. The van der Waals surface area contributed by atoms with Gasteiger partial charge in [-0.15, -0.1) is 5.01 Å². The maximum absolute atomic E-state index is 11.2. The number of hydrogen-bond donors (Lipinski definition) is 1. The molecule has 0 saturated heterocycles. The third kappa shape index (κ3) is 5.91. The van der Waals surface area contributed by atoms with E-state index < -0.39 is 12.0 Å². The van der Waals surface area contributed by atoms with Crippen molar-refractivity contribution in [1.29, 1.82) is 0 Å². The van der Waals surface area contributed by atoms with Crippen LogP contribution in [0.5, 0.6) is 0 Å². The van der Waals surface area contributed by atoms with Gasteiger partial charge in [-0.1, -0.05) is 0 Å². The van der Waals surface area contributed by atoms with Gasteiger partial charge in [0.2, 0.25) is 5.28 Å². The zero-order valence-electron chi connectivity index (χ0n) is 10.7. The maximum atomic E-state index is 11.2. The first-order valence-electron chi connectivity index (χ1n) is 5.45. The van der Waals surface area contributed by atoms with E-state index in [0.29, 0.717) is 18.1 Å². The molecular formula is C9H20N4O4. The molecule has 1 N–H and O–H groups in total. The molecule has 0 saturated carbocycles. The predicted octanol–water partition coefficient (Wildman–Crippen LogP) is 0.246. The van der Waals surface area contributed by atoms with Gasteiger partial charge in [-0.25, -0.2) is 0 Å². The van der Waals surface area contributed by atoms with E-state index in [0.717, 1.165) is 0 Å². The van der Waals surface area contributed by atoms with Crippen molar-refractivity contribution >= 4 is 5.97 Å². The van der Waals surface area contributed by atoms with Gasteiger partial charge < -0.3 is 20.1 Å². The minimum atomic E-state index is -0.469. The number of carbonyl (C=O) groups is 1. The molecule has 0 radical (unpaired) electrons. The van der Waals surface area contributed by atoms with E-state index in [1.54, 1.807) is 14.0 Å². The molecule has 0 spiro atoms. The molecule has 1 atom stereocenters. The monoisotopic (exact) mass is 248 g/mol. The standard InChI is InChI=1S/C9H20N4O4/c1-5-12(6-2)13(15)11-17-7-16-9(14)8(3)10-4/h8,10H,5-7H2,1-4H3/b13-11-/t8-/m0/s1. The Bertz CT molecular complexity index is 255. The van der Waals surface area contributed by atoms with Crippen molar-refractivity contribution in [1.82, 2.24) is 10.3 Å². The summed E-state index contributed by atoms with van der Waals surface area (Å²) in [7, 11) is 1.64. The van der Waals surface area contributed by atoms with Gasteiger partial charge in [0.05, 0.1) is 18.1 Å². The van der Waals surface area contributed by atoms with E-state index in [9.17, 15) is 10.0 Å². The number of likely N-dealkylation sites (N-methyl/N-ethyl adjacent to an activating group) is 1. The zero-order chi connectivity index (χ0) is 13.3. The van der Waals surface area contributed by atoms with Crippen molar-refractivity contribution in [2.75, 3.05) is 26.9 Å². The summed E-state index contributed by atoms with van der Waals surface area (Å²) in [4.78, 5) is 16.1. The lowest BCUT2D eigenvalue weighted by atomic mass is 10.4. The molecule has 0 rings (SSSR count). The Morgan fingerprint density at radius 1 is 1.53 bits per heavy atom. The summed E-state index contributed by atoms with van der Waals surface area (Å²) in [5.41, 5.74) is 0. The van der Waals surface area contributed by atoms with E-state index in [-0.39, 0.29) is 6.79 Å². The quantitative estimate of drug-likeness (QED) is 0.165. The molecule has 0 aromatic carbocycles. The molecule has 0 aliphatic carbocycles. The van der Waals surface area contributed by atoms with Crippen LogP contribution in [0.15, 0.2) is 5.28 Å². The SMILES string of the molecule is CCN(CC)/[N+]([O-])=N/OCOC(=O)[C@H](C)NC. The number of esters is 1. The Balaban J connectivity index is 3.90. The summed E-state index contributed by atoms with van der Waals surface area (Å²) < 4.78 is 4.69. The molecule has 8 heteroatoms. The molecule has 17 heavy (non-hydrogen) atoms. The third-order valence-electron chi connectivity index (χ3n) is 2.14. The number of hydrogen-bond acceptors (Lipinski definition) is 6. The molecule has 0 bridgehead atoms. The van der Waals surface area contributed by atoms with Gasteiger partial charge in [0.15, 0.2) is 0 Å². The molecule has 0 aliphatic rings. The van der Waals surface area contributed by atoms with Crippen LogP contribution in [0, 0.1) is 5.21 Å². The second-order valence-electron chi connectivity index (χ2n) is 3.19. The van der Waals surface area contributed by atoms with Crippen LogP contribution in [0.1, 0.15) is 20.8 Å². The van der Waals surface area contributed by atoms with Crippen LogP contribution < -0.4 is 5.32 Å². The summed E-state index contributed by atoms with van der Waals surface area (Å²) in [6, 6.07) is -0.426. The second-order valence-corrected chi connectivity index (χ2v) is 3.19. The van der Waals surface area contributed by atoms with Crippen molar-refractivity contribution in [2.24, 2.45) is 5.28 Å². The first-order chi connectivity index (χ1) is 8.06. The Hall–Kier alpha value is -1.57. The van der Waals surface area contributed by atoms with Gasteiger partial charge >= 0.3 is 5.97 Å². The Morgan fingerprint density at radius 2 is 2.12 bits per heavy atom. The smallest absolute Gasteiger partial charge is 0.325 e. The number of nitrogens with one attached hydrogen (secondary N) is 1. The zero-order valence-corrected chi connectivity index (χ0v) is 10.7. The van der Waals surface area contributed by atoms with Crippen LogP contribution in [0.4, 0.5) is 0 Å². The molecular weight excluding hydrogens is 228 g/mol. The summed E-state index contributed by atoms with van der Waals surface area (Å²) >= 11 is 0. The fraction of sp³-hybridized carbons (Fsp3) is 0.889. The van der Waals surface area contributed by atoms with Gasteiger partial charge in [0.1, 0.15) is 6.04 Å². The normalized spacial score (nSPS) is 13.1. The fourth-order valence-corrected chi connectivity index (χ4v) is 0.917. The number of carbonyl (C=O) groups excluding carboxylic acids is 1. The molecule has 0 aromatic rings. The molecule has 100 valence electrons. The molecule has 8 nitrogen and oxygen atoms in total. The Morgan fingerprint density at radius 3 is 2.59 bits per heavy atom. The molecule has 0 fully saturated rings. The van der Waals surface area contributed by atoms with Crippen LogP contribution in [0.2, 0.25) is 0 Å². The van der Waals surface area contributed by atoms with E-state index in [1.807, 2.05) is 13.8 Å². The van der Waals surface area contributed by atoms with Crippen molar-refractivity contribution in [3.05, 3.63) is 5.21 Å². The lowest BCUT2D eigenvalue weighted by molar-refractivity contribution is -0.710. The highest BCUT2D eigenvalue weighted by molar-refractivity contribution is 5.75. The van der Waals surface area contributed by atoms with Crippen molar-refractivity contribution in [2.45, 2.75) is 26.8 Å². The van der Waals surface area contributed by atoms with Gasteiger partial charge in [0.25, 0.3) is 6.79 Å². The number of nitrogens with zero attached hydrogens (tertiary/aromatic N) is 3. The van der Waals surface area contributed by atoms with Crippen molar-refractivity contribution < 1.29 is 19.3 Å². The van der Waals surface area contributed by atoms with Crippen LogP contribution in [0.3, 0.4) is 0 Å². The lowest BCUT2D eigenvalue weighted by Crippen LogP contribution is -2.33. The van der Waals surface area contributed by atoms with E-state index in [4.69, 9.17) is 4.74 Å². The average molecular weight is 248 g/mol. The first-order valence-corrected chi connectivity index (χ1v) is 5.45. The average Bonchev–Trinajstić information content (AvgIpc) is 2.34. The molecule has 0 aromatic heterocycles. The Kier molecular flexibility index (Phi) is 7.78. The van der Waals surface area contributed by atoms with Gasteiger partial charge in [0, 0.05) is 0 Å². The highest BCUT2D eigenvalue weighted by atomic mass is 16.8. The minimum absolute atomic E-state index is 0.329. The summed E-state index contributed by atoms with van der Waals surface area (Å²) in [6.07, 6.45) is 0.